The molecule has 148 valence electrons. The van der Waals surface area contributed by atoms with Gasteiger partial charge in [-0.15, -0.1) is 0 Å². The fraction of sp³-hybridized carbons (Fsp3) is 0.350. The van der Waals surface area contributed by atoms with E-state index in [1.165, 1.54) is 18.1 Å². The van der Waals surface area contributed by atoms with Crippen molar-refractivity contribution in [2.45, 2.75) is 19.4 Å². The lowest BCUT2D eigenvalue weighted by atomic mass is 10.1. The highest BCUT2D eigenvalue weighted by Gasteiger charge is 2.22. The van der Waals surface area contributed by atoms with Crippen molar-refractivity contribution in [1.82, 2.24) is 14.8 Å². The summed E-state index contributed by atoms with van der Waals surface area (Å²) in [6.07, 6.45) is 2.86. The van der Waals surface area contributed by atoms with Crippen LogP contribution in [0.25, 0.3) is 0 Å². The van der Waals surface area contributed by atoms with Crippen LogP contribution in [0.2, 0.25) is 0 Å². The summed E-state index contributed by atoms with van der Waals surface area (Å²) in [5.41, 5.74) is 1.55. The number of ether oxygens (including phenoxy) is 1. The van der Waals surface area contributed by atoms with Crippen LogP contribution in [0.5, 0.6) is 11.5 Å². The van der Waals surface area contributed by atoms with E-state index in [1.807, 2.05) is 0 Å². The second-order valence-corrected chi connectivity index (χ2v) is 6.89. The number of nitrogens with zero attached hydrogens (tertiary/aromatic N) is 4. The monoisotopic (exact) mass is 383 g/mol. The molecule has 0 radical (unpaired) electrons. The summed E-state index contributed by atoms with van der Waals surface area (Å²) in [6.45, 7) is 1.07. The second kappa shape index (κ2) is 8.26. The predicted octanol–water partition coefficient (Wildman–Crippen LogP) is 2.63. The SMILES string of the molecule is CN(C)C(=O)c1ccc(Oc2ccc(N(C)[O-])cc2CN2CCCC2=O)cn1. The molecule has 0 unspecified atom stereocenters. The van der Waals surface area contributed by atoms with Gasteiger partial charge in [0.1, 0.15) is 17.2 Å². The van der Waals surface area contributed by atoms with Gasteiger partial charge in [-0.05, 0) is 43.8 Å². The van der Waals surface area contributed by atoms with Gasteiger partial charge in [0.05, 0.1) is 6.20 Å². The van der Waals surface area contributed by atoms with Crippen molar-refractivity contribution in [1.29, 1.82) is 0 Å². The Bertz CT molecular complexity index is 865. The molecule has 1 aliphatic heterocycles. The first-order valence-corrected chi connectivity index (χ1v) is 9.02. The van der Waals surface area contributed by atoms with Gasteiger partial charge in [-0.2, -0.15) is 0 Å². The van der Waals surface area contributed by atoms with E-state index in [0.29, 0.717) is 42.4 Å². The van der Waals surface area contributed by atoms with Crippen LogP contribution < -0.4 is 9.80 Å². The molecule has 1 aromatic heterocycles. The Hall–Kier alpha value is -3.13. The minimum Gasteiger partial charge on any atom is -0.758 e. The lowest BCUT2D eigenvalue weighted by Gasteiger charge is -2.27. The molecule has 2 heterocycles. The number of aromatic nitrogens is 1. The average Bonchev–Trinajstić information content (AvgIpc) is 3.07. The van der Waals surface area contributed by atoms with Crippen molar-refractivity contribution >= 4 is 17.5 Å². The number of pyridine rings is 1. The van der Waals surface area contributed by atoms with E-state index >= 15 is 0 Å². The van der Waals surface area contributed by atoms with Gasteiger partial charge in [0.2, 0.25) is 5.91 Å². The molecule has 1 fully saturated rings. The third-order valence-electron chi connectivity index (χ3n) is 4.53. The Kier molecular flexibility index (Phi) is 5.79. The fourth-order valence-electron chi connectivity index (χ4n) is 2.98. The average molecular weight is 383 g/mol. The lowest BCUT2D eigenvalue weighted by molar-refractivity contribution is -0.128. The Balaban J connectivity index is 1.84. The smallest absolute Gasteiger partial charge is 0.271 e. The Morgan fingerprint density at radius 1 is 1.25 bits per heavy atom. The van der Waals surface area contributed by atoms with Crippen LogP contribution in [-0.2, 0) is 11.3 Å². The number of hydrogen-bond acceptors (Lipinski definition) is 6. The number of rotatable bonds is 6. The van der Waals surface area contributed by atoms with Crippen LogP contribution >= 0.6 is 0 Å². The first kappa shape index (κ1) is 19.6. The number of amides is 2. The summed E-state index contributed by atoms with van der Waals surface area (Å²) in [5.74, 6) is 0.911. The molecule has 0 atom stereocenters. The third-order valence-corrected chi connectivity index (χ3v) is 4.53. The largest absolute Gasteiger partial charge is 0.758 e. The van der Waals surface area contributed by atoms with Gasteiger partial charge in [0.25, 0.3) is 5.91 Å². The van der Waals surface area contributed by atoms with Gasteiger partial charge < -0.3 is 24.8 Å². The number of carbonyl (C=O) groups excluding carboxylic acids is 2. The Labute approximate surface area is 163 Å². The van der Waals surface area contributed by atoms with Gasteiger partial charge in [-0.1, -0.05) is 0 Å². The van der Waals surface area contributed by atoms with Crippen molar-refractivity contribution < 1.29 is 14.3 Å². The molecule has 0 bridgehead atoms. The standard InChI is InChI=1S/C20H23N4O4/c1-22(2)20(26)17-8-7-16(12-21-17)28-18-9-6-15(23(3)27)11-14(18)13-24-10-4-5-19(24)25/h6-9,11-12H,4-5,10,13H2,1-3H3/q-1. The van der Waals surface area contributed by atoms with E-state index < -0.39 is 0 Å². The number of likely N-dealkylation sites (tertiary alicyclic amines) is 1. The molecule has 2 aromatic rings. The van der Waals surface area contributed by atoms with Gasteiger partial charge in [-0.25, -0.2) is 4.98 Å². The molecule has 1 aromatic carbocycles. The quantitative estimate of drug-likeness (QED) is 0.713. The zero-order valence-corrected chi connectivity index (χ0v) is 16.2. The molecular formula is C20H23N4O4-. The molecule has 0 N–H and O–H groups in total. The van der Waals surface area contributed by atoms with Crippen LogP contribution in [0.1, 0.15) is 28.9 Å². The lowest BCUT2D eigenvalue weighted by Crippen LogP contribution is -2.24. The maximum absolute atomic E-state index is 12.0. The van der Waals surface area contributed by atoms with E-state index in [0.717, 1.165) is 17.0 Å². The summed E-state index contributed by atoms with van der Waals surface area (Å²) in [4.78, 5) is 31.3. The van der Waals surface area contributed by atoms with E-state index in [2.05, 4.69) is 4.98 Å². The topological polar surface area (TPSA) is 89.0 Å². The van der Waals surface area contributed by atoms with Crippen LogP contribution in [0.3, 0.4) is 0 Å². The molecule has 0 aliphatic carbocycles. The highest BCUT2D eigenvalue weighted by molar-refractivity contribution is 5.91. The number of anilines is 1. The maximum atomic E-state index is 12.0. The predicted molar refractivity (Wildman–Crippen MR) is 105 cm³/mol. The zero-order valence-electron chi connectivity index (χ0n) is 16.2. The molecule has 8 heteroatoms. The molecular weight excluding hydrogens is 360 g/mol. The van der Waals surface area contributed by atoms with Crippen molar-refractivity contribution in [2.24, 2.45) is 0 Å². The highest BCUT2D eigenvalue weighted by Crippen LogP contribution is 2.30. The number of hydroxylamine groups is 1. The van der Waals surface area contributed by atoms with Gasteiger partial charge >= 0.3 is 0 Å². The summed E-state index contributed by atoms with van der Waals surface area (Å²) < 4.78 is 5.94. The summed E-state index contributed by atoms with van der Waals surface area (Å²) in [7, 11) is 4.74. The van der Waals surface area contributed by atoms with Crippen LogP contribution in [0.15, 0.2) is 36.5 Å². The molecule has 8 nitrogen and oxygen atoms in total. The van der Waals surface area contributed by atoms with Crippen molar-refractivity contribution in [2.75, 3.05) is 32.8 Å². The normalized spacial score (nSPS) is 13.6. The number of benzene rings is 1. The minimum absolute atomic E-state index is 0.0973. The molecule has 2 amide bonds. The van der Waals surface area contributed by atoms with E-state index in [9.17, 15) is 14.8 Å². The van der Waals surface area contributed by atoms with Crippen molar-refractivity contribution in [3.8, 4) is 11.5 Å². The van der Waals surface area contributed by atoms with Crippen molar-refractivity contribution in [3.05, 3.63) is 53.0 Å². The third kappa shape index (κ3) is 4.40. The van der Waals surface area contributed by atoms with Gasteiger partial charge in [-0.3, -0.25) is 9.59 Å². The number of carbonyl (C=O) groups is 2. The summed E-state index contributed by atoms with van der Waals surface area (Å²) in [6, 6.07) is 8.36. The molecule has 1 saturated heterocycles. The first-order chi connectivity index (χ1) is 13.3. The van der Waals surface area contributed by atoms with Crippen LogP contribution in [-0.4, -0.2) is 54.3 Å². The number of hydrogen-bond donors (Lipinski definition) is 0. The zero-order chi connectivity index (χ0) is 20.3. The molecule has 0 saturated carbocycles. The fourth-order valence-corrected chi connectivity index (χ4v) is 2.98. The molecule has 1 aliphatic rings. The van der Waals surface area contributed by atoms with E-state index in [-0.39, 0.29) is 11.8 Å². The van der Waals surface area contributed by atoms with Crippen LogP contribution in [0, 0.1) is 5.21 Å². The first-order valence-electron chi connectivity index (χ1n) is 9.02. The van der Waals surface area contributed by atoms with Crippen molar-refractivity contribution in [3.63, 3.8) is 0 Å². The second-order valence-electron chi connectivity index (χ2n) is 6.89. The van der Waals surface area contributed by atoms with Gasteiger partial charge in [0, 0.05) is 44.9 Å². The van der Waals surface area contributed by atoms with Crippen LogP contribution in [0.4, 0.5) is 5.69 Å². The van der Waals surface area contributed by atoms with E-state index in [4.69, 9.17) is 4.74 Å². The Morgan fingerprint density at radius 3 is 2.61 bits per heavy atom. The molecule has 3 rings (SSSR count). The highest BCUT2D eigenvalue weighted by atomic mass is 16.5. The van der Waals surface area contributed by atoms with Gasteiger partial charge in [0.15, 0.2) is 0 Å². The summed E-state index contributed by atoms with van der Waals surface area (Å²) >= 11 is 0. The Morgan fingerprint density at radius 2 is 2.04 bits per heavy atom. The van der Waals surface area contributed by atoms with E-state index in [1.54, 1.807) is 49.3 Å². The molecule has 28 heavy (non-hydrogen) atoms. The minimum atomic E-state index is -0.192. The maximum Gasteiger partial charge on any atom is 0.271 e. The molecule has 0 spiro atoms. The summed E-state index contributed by atoms with van der Waals surface area (Å²) in [5, 5.41) is 12.4.